The van der Waals surface area contributed by atoms with Crippen molar-refractivity contribution in [3.63, 3.8) is 0 Å². The van der Waals surface area contributed by atoms with E-state index < -0.39 is 0 Å². The third-order valence-electron chi connectivity index (χ3n) is 3.59. The zero-order valence-corrected chi connectivity index (χ0v) is 10.5. The number of hydrogen-bond donors (Lipinski definition) is 0. The molecule has 0 bridgehead atoms. The molecule has 7 heteroatoms. The van der Waals surface area contributed by atoms with Crippen molar-refractivity contribution in [2.24, 2.45) is 0 Å². The van der Waals surface area contributed by atoms with Crippen molar-refractivity contribution in [1.82, 2.24) is 15.0 Å². The van der Waals surface area contributed by atoms with E-state index in [1.165, 1.54) is 11.1 Å². The fourth-order valence-corrected chi connectivity index (χ4v) is 2.46. The van der Waals surface area contributed by atoms with Crippen LogP contribution in [-0.4, -0.2) is 51.8 Å². The van der Waals surface area contributed by atoms with Crippen molar-refractivity contribution in [2.45, 2.75) is 25.8 Å². The van der Waals surface area contributed by atoms with Crippen molar-refractivity contribution < 1.29 is 18.9 Å². The maximum atomic E-state index is 12.1. The lowest BCUT2D eigenvalue weighted by Crippen LogP contribution is -2.62. The van der Waals surface area contributed by atoms with E-state index in [4.69, 9.17) is 4.52 Å². The molecule has 0 unspecified atom stereocenters. The smallest absolute Gasteiger partial charge is 0.259 e. The maximum absolute atomic E-state index is 12.1. The van der Waals surface area contributed by atoms with Gasteiger partial charge in [0.25, 0.3) is 5.91 Å². The topological polar surface area (TPSA) is 83.7 Å². The first-order valence-corrected chi connectivity index (χ1v) is 6.13. The third kappa shape index (κ3) is 1.81. The third-order valence-corrected chi connectivity index (χ3v) is 3.59. The first kappa shape index (κ1) is 11.9. The number of carbonyl (C=O) groups excluding carboxylic acids is 3. The molecule has 0 spiro atoms. The van der Waals surface area contributed by atoms with Crippen LogP contribution in [0.5, 0.6) is 0 Å². The number of imide groups is 1. The summed E-state index contributed by atoms with van der Waals surface area (Å²) in [6, 6.07) is -0.174. The van der Waals surface area contributed by atoms with E-state index in [1.807, 2.05) is 0 Å². The molecule has 2 fully saturated rings. The summed E-state index contributed by atoms with van der Waals surface area (Å²) in [6.07, 6.45) is 1.96. The Kier molecular flexibility index (Phi) is 2.62. The first-order valence-electron chi connectivity index (χ1n) is 6.13. The minimum absolute atomic E-state index is 0.136. The molecule has 2 aliphatic heterocycles. The van der Waals surface area contributed by atoms with Gasteiger partial charge in [-0.3, -0.25) is 19.3 Å². The van der Waals surface area contributed by atoms with Crippen LogP contribution in [-0.2, 0) is 9.59 Å². The van der Waals surface area contributed by atoms with Gasteiger partial charge in [-0.05, 0) is 6.92 Å². The van der Waals surface area contributed by atoms with Crippen LogP contribution in [0, 0.1) is 6.92 Å². The Morgan fingerprint density at radius 1 is 1.32 bits per heavy atom. The highest BCUT2D eigenvalue weighted by Crippen LogP contribution is 2.24. The molecule has 0 N–H and O–H groups in total. The molecule has 2 aliphatic rings. The maximum Gasteiger partial charge on any atom is 0.259 e. The molecule has 0 atom stereocenters. The van der Waals surface area contributed by atoms with Crippen molar-refractivity contribution in [3.8, 4) is 0 Å². The average Bonchev–Trinajstić information content (AvgIpc) is 2.87. The van der Waals surface area contributed by atoms with Gasteiger partial charge in [-0.15, -0.1) is 0 Å². The summed E-state index contributed by atoms with van der Waals surface area (Å²) >= 11 is 0. The van der Waals surface area contributed by atoms with Gasteiger partial charge in [-0.1, -0.05) is 5.16 Å². The fourth-order valence-electron chi connectivity index (χ4n) is 2.46. The van der Waals surface area contributed by atoms with Crippen molar-refractivity contribution in [1.29, 1.82) is 0 Å². The Morgan fingerprint density at radius 3 is 2.47 bits per heavy atom. The molecule has 0 saturated carbocycles. The lowest BCUT2D eigenvalue weighted by atomic mass is 10.1. The Bertz CT molecular complexity index is 543. The summed E-state index contributed by atoms with van der Waals surface area (Å²) < 4.78 is 4.85. The quantitative estimate of drug-likeness (QED) is 0.699. The summed E-state index contributed by atoms with van der Waals surface area (Å²) in [5.41, 5.74) is 0.428. The second-order valence-corrected chi connectivity index (χ2v) is 4.82. The number of carbonyl (C=O) groups is 3. The van der Waals surface area contributed by atoms with E-state index in [1.54, 1.807) is 11.8 Å². The molecule has 3 heterocycles. The van der Waals surface area contributed by atoms with Gasteiger partial charge in [0.15, 0.2) is 0 Å². The molecule has 3 rings (SSSR count). The van der Waals surface area contributed by atoms with Crippen molar-refractivity contribution in [2.75, 3.05) is 13.1 Å². The molecule has 2 saturated heterocycles. The SMILES string of the molecule is Cc1oncc1C(=O)N1CC(N2C(=O)CCC2=O)C1. The first-order chi connectivity index (χ1) is 9.08. The second kappa shape index (κ2) is 4.18. The molecule has 19 heavy (non-hydrogen) atoms. The lowest BCUT2D eigenvalue weighted by molar-refractivity contribution is -0.144. The van der Waals surface area contributed by atoms with Crippen LogP contribution >= 0.6 is 0 Å². The summed E-state index contributed by atoms with van der Waals surface area (Å²) in [4.78, 5) is 38.1. The molecule has 0 aliphatic carbocycles. The van der Waals surface area contributed by atoms with Crippen LogP contribution in [0.15, 0.2) is 10.7 Å². The molecular weight excluding hydrogens is 250 g/mol. The van der Waals surface area contributed by atoms with Crippen LogP contribution in [0.4, 0.5) is 0 Å². The van der Waals surface area contributed by atoms with Crippen molar-refractivity contribution >= 4 is 17.7 Å². The van der Waals surface area contributed by atoms with E-state index in [0.717, 1.165) is 0 Å². The van der Waals surface area contributed by atoms with Gasteiger partial charge in [0, 0.05) is 25.9 Å². The Hall–Kier alpha value is -2.18. The Balaban J connectivity index is 1.64. The van der Waals surface area contributed by atoms with Gasteiger partial charge >= 0.3 is 0 Å². The molecule has 100 valence electrons. The van der Waals surface area contributed by atoms with E-state index in [-0.39, 0.29) is 36.6 Å². The Morgan fingerprint density at radius 2 is 1.95 bits per heavy atom. The van der Waals surface area contributed by atoms with Crippen LogP contribution in [0.2, 0.25) is 0 Å². The highest BCUT2D eigenvalue weighted by molar-refractivity contribution is 6.03. The van der Waals surface area contributed by atoms with Crippen LogP contribution in [0.25, 0.3) is 0 Å². The number of likely N-dealkylation sites (tertiary alicyclic amines) is 2. The van der Waals surface area contributed by atoms with Crippen LogP contribution in [0.1, 0.15) is 29.0 Å². The Labute approximate surface area is 109 Å². The van der Waals surface area contributed by atoms with Crippen LogP contribution in [0.3, 0.4) is 0 Å². The van der Waals surface area contributed by atoms with Gasteiger partial charge < -0.3 is 9.42 Å². The van der Waals surface area contributed by atoms with Gasteiger partial charge in [-0.25, -0.2) is 0 Å². The summed E-state index contributed by atoms with van der Waals surface area (Å²) in [5.74, 6) is 0.0300. The summed E-state index contributed by atoms with van der Waals surface area (Å²) in [7, 11) is 0. The van der Waals surface area contributed by atoms with Gasteiger partial charge in [0.2, 0.25) is 11.8 Å². The van der Waals surface area contributed by atoms with Gasteiger partial charge in [-0.2, -0.15) is 0 Å². The van der Waals surface area contributed by atoms with Gasteiger partial charge in [0.05, 0.1) is 12.2 Å². The monoisotopic (exact) mass is 263 g/mol. The number of nitrogens with zero attached hydrogens (tertiary/aromatic N) is 3. The van der Waals surface area contributed by atoms with Gasteiger partial charge in [0.1, 0.15) is 11.3 Å². The predicted octanol–water partition coefficient (Wildman–Crippen LogP) is -0.0436. The number of amides is 3. The minimum Gasteiger partial charge on any atom is -0.361 e. The molecular formula is C12H13N3O4. The zero-order chi connectivity index (χ0) is 13.6. The number of aryl methyl sites for hydroxylation is 1. The number of hydrogen-bond acceptors (Lipinski definition) is 5. The highest BCUT2D eigenvalue weighted by Gasteiger charge is 2.43. The van der Waals surface area contributed by atoms with E-state index in [2.05, 4.69) is 5.16 Å². The fraction of sp³-hybridized carbons (Fsp3) is 0.500. The second-order valence-electron chi connectivity index (χ2n) is 4.82. The standard InChI is InChI=1S/C12H13N3O4/c1-7-9(4-13-19-7)12(18)14-5-8(6-14)15-10(16)2-3-11(15)17/h4,8H,2-3,5-6H2,1H3. The summed E-state index contributed by atoms with van der Waals surface area (Å²) in [6.45, 7) is 2.45. The molecule has 3 amide bonds. The molecule has 0 radical (unpaired) electrons. The molecule has 1 aromatic rings. The summed E-state index contributed by atoms with van der Waals surface area (Å²) in [5, 5.41) is 3.56. The van der Waals surface area contributed by atoms with Crippen LogP contribution < -0.4 is 0 Å². The largest absolute Gasteiger partial charge is 0.361 e. The van der Waals surface area contributed by atoms with E-state index in [9.17, 15) is 14.4 Å². The zero-order valence-electron chi connectivity index (χ0n) is 10.5. The van der Waals surface area contributed by atoms with E-state index in [0.29, 0.717) is 24.4 Å². The lowest BCUT2D eigenvalue weighted by Gasteiger charge is -2.42. The molecule has 7 nitrogen and oxygen atoms in total. The average molecular weight is 263 g/mol. The molecule has 0 aromatic carbocycles. The number of aromatic nitrogens is 1. The van der Waals surface area contributed by atoms with E-state index >= 15 is 0 Å². The van der Waals surface area contributed by atoms with Crippen molar-refractivity contribution in [3.05, 3.63) is 17.5 Å². The highest BCUT2D eigenvalue weighted by atomic mass is 16.5. The predicted molar refractivity (Wildman–Crippen MR) is 62.0 cm³/mol. The molecule has 1 aromatic heterocycles. The number of rotatable bonds is 2. The minimum atomic E-state index is -0.174. The normalized spacial score (nSPS) is 20.1.